The van der Waals surface area contributed by atoms with Crippen molar-refractivity contribution >= 4 is 29.3 Å². The molecule has 0 fully saturated rings. The van der Waals surface area contributed by atoms with E-state index in [1.807, 2.05) is 0 Å². The molecule has 2 rings (SSSR count). The topological polar surface area (TPSA) is 26.3 Å². The van der Waals surface area contributed by atoms with Gasteiger partial charge in [0.1, 0.15) is 11.1 Å². The number of carbonyl (C=O) groups excluding carboxylic acids is 1. The van der Waals surface area contributed by atoms with E-state index >= 15 is 0 Å². The van der Waals surface area contributed by atoms with Gasteiger partial charge in [0, 0.05) is 10.5 Å². The summed E-state index contributed by atoms with van der Waals surface area (Å²) >= 11 is 6.60. The molecule has 0 amide bonds. The van der Waals surface area contributed by atoms with Gasteiger partial charge in [-0.15, -0.1) is 11.8 Å². The van der Waals surface area contributed by atoms with Crippen molar-refractivity contribution in [1.82, 2.24) is 0 Å². The molecule has 0 bridgehead atoms. The lowest BCUT2D eigenvalue weighted by molar-refractivity contribution is -0.139. The fraction of sp³-hybridized carbons (Fsp3) is 0.188. The lowest BCUT2D eigenvalue weighted by atomic mass is 10.0. The molecule has 1 atom stereocenters. The van der Waals surface area contributed by atoms with Gasteiger partial charge in [-0.2, -0.15) is 0 Å². The van der Waals surface area contributed by atoms with Gasteiger partial charge in [-0.1, -0.05) is 11.6 Å². The van der Waals surface area contributed by atoms with Gasteiger partial charge in [0.15, 0.2) is 23.3 Å². The molecule has 0 saturated carbocycles. The average Bonchev–Trinajstić information content (AvgIpc) is 2.61. The predicted octanol–water partition coefficient (Wildman–Crippen LogP) is 5.50. The summed E-state index contributed by atoms with van der Waals surface area (Å²) in [5.41, 5.74) is -2.31. The lowest BCUT2D eigenvalue weighted by Gasteiger charge is -2.14. The van der Waals surface area contributed by atoms with Crippen LogP contribution in [-0.2, 0) is 9.53 Å². The van der Waals surface area contributed by atoms with Crippen LogP contribution in [-0.4, -0.2) is 18.3 Å². The monoisotopic (exact) mass is 414 g/mol. The van der Waals surface area contributed by atoms with Crippen molar-refractivity contribution < 1.29 is 35.9 Å². The van der Waals surface area contributed by atoms with Crippen molar-refractivity contribution in [3.8, 4) is 11.1 Å². The van der Waals surface area contributed by atoms with E-state index in [0.29, 0.717) is 6.07 Å². The molecule has 0 aliphatic heterocycles. The van der Waals surface area contributed by atoms with Gasteiger partial charge in [-0.3, -0.25) is 4.79 Å². The molecule has 2 nitrogen and oxygen atoms in total. The number of thioether (sulfide) groups is 1. The zero-order chi connectivity index (χ0) is 19.8. The third-order valence-electron chi connectivity index (χ3n) is 3.34. The first-order chi connectivity index (χ1) is 12.1. The highest BCUT2D eigenvalue weighted by Crippen LogP contribution is 2.39. The first-order valence-electron chi connectivity index (χ1n) is 6.85. The number of ether oxygens (including phenoxy) is 1. The highest BCUT2D eigenvalue weighted by Gasteiger charge is 2.29. The second-order valence-corrected chi connectivity index (χ2v) is 6.78. The number of halogens is 7. The van der Waals surface area contributed by atoms with Crippen molar-refractivity contribution in [2.45, 2.75) is 17.1 Å². The van der Waals surface area contributed by atoms with Crippen molar-refractivity contribution in [2.75, 3.05) is 7.11 Å². The summed E-state index contributed by atoms with van der Waals surface area (Å²) in [6, 6.07) is 1.46. The van der Waals surface area contributed by atoms with Crippen LogP contribution >= 0.6 is 23.4 Å². The largest absolute Gasteiger partial charge is 0.468 e. The average molecular weight is 415 g/mol. The smallest absolute Gasteiger partial charge is 0.318 e. The van der Waals surface area contributed by atoms with E-state index in [9.17, 15) is 31.1 Å². The van der Waals surface area contributed by atoms with Gasteiger partial charge in [-0.05, 0) is 19.1 Å². The molecule has 0 aliphatic carbocycles. The van der Waals surface area contributed by atoms with Crippen LogP contribution in [0.25, 0.3) is 11.1 Å². The van der Waals surface area contributed by atoms with Crippen LogP contribution in [0.3, 0.4) is 0 Å². The quantitative estimate of drug-likeness (QED) is 0.217. The highest BCUT2D eigenvalue weighted by molar-refractivity contribution is 8.00. The summed E-state index contributed by atoms with van der Waals surface area (Å²) in [6.07, 6.45) is 0. The van der Waals surface area contributed by atoms with Crippen LogP contribution in [0.2, 0.25) is 5.02 Å². The van der Waals surface area contributed by atoms with Crippen LogP contribution in [0, 0.1) is 34.9 Å². The predicted molar refractivity (Wildman–Crippen MR) is 84.0 cm³/mol. The SMILES string of the molecule is COC(=O)C(C)Sc1cc(-c2c(F)c(F)c(F)c(F)c2F)c(F)cc1Cl. The van der Waals surface area contributed by atoms with Gasteiger partial charge < -0.3 is 4.74 Å². The molecule has 140 valence electrons. The molecule has 0 radical (unpaired) electrons. The first kappa shape index (κ1) is 20.4. The molecule has 0 spiro atoms. The molecule has 2 aromatic carbocycles. The van der Waals surface area contributed by atoms with Crippen LogP contribution in [0.5, 0.6) is 0 Å². The summed E-state index contributed by atoms with van der Waals surface area (Å²) in [4.78, 5) is 11.5. The Kier molecular flexibility index (Phi) is 6.13. The maximum absolute atomic E-state index is 14.1. The Hall–Kier alpha value is -1.87. The van der Waals surface area contributed by atoms with E-state index in [2.05, 4.69) is 4.74 Å². The molecule has 0 heterocycles. The second kappa shape index (κ2) is 7.79. The number of methoxy groups -OCH3 is 1. The Morgan fingerprint density at radius 3 is 2.00 bits per heavy atom. The highest BCUT2D eigenvalue weighted by atomic mass is 35.5. The molecule has 0 N–H and O–H groups in total. The maximum atomic E-state index is 14.1. The van der Waals surface area contributed by atoms with Gasteiger partial charge in [0.05, 0.1) is 17.7 Å². The van der Waals surface area contributed by atoms with Crippen LogP contribution < -0.4 is 0 Å². The molecular weight excluding hydrogens is 406 g/mol. The molecule has 2 aromatic rings. The lowest BCUT2D eigenvalue weighted by Crippen LogP contribution is -2.14. The van der Waals surface area contributed by atoms with E-state index < -0.39 is 57.2 Å². The number of hydrogen-bond acceptors (Lipinski definition) is 3. The summed E-state index contributed by atoms with van der Waals surface area (Å²) in [5.74, 6) is -13.1. The fourth-order valence-corrected chi connectivity index (χ4v) is 3.27. The minimum Gasteiger partial charge on any atom is -0.468 e. The van der Waals surface area contributed by atoms with E-state index in [1.54, 1.807) is 0 Å². The number of rotatable bonds is 4. The molecular formula is C16H9ClF6O2S. The summed E-state index contributed by atoms with van der Waals surface area (Å²) in [6.45, 7) is 1.42. The molecule has 26 heavy (non-hydrogen) atoms. The first-order valence-corrected chi connectivity index (χ1v) is 8.11. The maximum Gasteiger partial charge on any atom is 0.318 e. The number of benzene rings is 2. The van der Waals surface area contributed by atoms with Crippen LogP contribution in [0.1, 0.15) is 6.92 Å². The van der Waals surface area contributed by atoms with Gasteiger partial charge in [0.2, 0.25) is 5.82 Å². The standard InChI is InChI=1S/C16H9ClF6O2S/c1-5(16(24)25-2)26-9-3-6(8(18)4-7(9)17)10-11(19)13(21)15(23)14(22)12(10)20/h3-5H,1-2H3. The number of carbonyl (C=O) groups is 1. The van der Waals surface area contributed by atoms with E-state index in [4.69, 9.17) is 11.6 Å². The third kappa shape index (κ3) is 3.64. The Labute approximate surface area is 153 Å². The van der Waals surface area contributed by atoms with E-state index in [0.717, 1.165) is 24.9 Å². The van der Waals surface area contributed by atoms with Crippen LogP contribution in [0.15, 0.2) is 17.0 Å². The minimum atomic E-state index is -2.35. The number of hydrogen-bond donors (Lipinski definition) is 0. The molecule has 10 heteroatoms. The zero-order valence-electron chi connectivity index (χ0n) is 13.1. The molecule has 0 saturated heterocycles. The molecule has 1 unspecified atom stereocenters. The van der Waals surface area contributed by atoms with Crippen molar-refractivity contribution in [2.24, 2.45) is 0 Å². The van der Waals surface area contributed by atoms with Crippen LogP contribution in [0.4, 0.5) is 26.3 Å². The Balaban J connectivity index is 2.66. The Morgan fingerprint density at radius 2 is 1.50 bits per heavy atom. The van der Waals surface area contributed by atoms with Gasteiger partial charge in [0.25, 0.3) is 0 Å². The molecule has 0 aliphatic rings. The van der Waals surface area contributed by atoms with Crippen molar-refractivity contribution in [1.29, 1.82) is 0 Å². The zero-order valence-corrected chi connectivity index (χ0v) is 14.7. The van der Waals surface area contributed by atoms with Crippen molar-refractivity contribution in [3.63, 3.8) is 0 Å². The van der Waals surface area contributed by atoms with Gasteiger partial charge in [-0.25, -0.2) is 26.3 Å². The van der Waals surface area contributed by atoms with Gasteiger partial charge >= 0.3 is 5.97 Å². The molecule has 0 aromatic heterocycles. The number of esters is 1. The fourth-order valence-electron chi connectivity index (χ4n) is 2.06. The van der Waals surface area contributed by atoms with Crippen molar-refractivity contribution in [3.05, 3.63) is 52.1 Å². The second-order valence-electron chi connectivity index (χ2n) is 4.99. The Morgan fingerprint density at radius 1 is 1.00 bits per heavy atom. The third-order valence-corrected chi connectivity index (χ3v) is 4.90. The minimum absolute atomic E-state index is 0.00934. The Bertz CT molecular complexity index is 861. The summed E-state index contributed by atoms with van der Waals surface area (Å²) in [5, 5.41) is -1.04. The summed E-state index contributed by atoms with van der Waals surface area (Å²) < 4.78 is 86.5. The summed E-state index contributed by atoms with van der Waals surface area (Å²) in [7, 11) is 1.13. The van der Waals surface area contributed by atoms with E-state index in [-0.39, 0.29) is 9.92 Å². The normalized spacial score (nSPS) is 12.2. The van der Waals surface area contributed by atoms with E-state index in [1.165, 1.54) is 6.92 Å².